The molecular weight excluding hydrogens is 259 g/mol. The molecular formula is C12H12ClFN2S. The van der Waals surface area contributed by atoms with Crippen molar-refractivity contribution in [2.75, 3.05) is 0 Å². The molecule has 0 amide bonds. The minimum absolute atomic E-state index is 0.116. The van der Waals surface area contributed by atoms with E-state index in [1.807, 2.05) is 12.3 Å². The Morgan fingerprint density at radius 2 is 2.35 bits per heavy atom. The van der Waals surface area contributed by atoms with Crippen molar-refractivity contribution in [2.24, 2.45) is 0 Å². The second-order valence-corrected chi connectivity index (χ2v) is 5.07. The maximum atomic E-state index is 13.5. The summed E-state index contributed by atoms with van der Waals surface area (Å²) in [5.41, 5.74) is 0.609. The van der Waals surface area contributed by atoms with Crippen LogP contribution in [0.25, 0.3) is 0 Å². The van der Waals surface area contributed by atoms with Crippen LogP contribution in [0.4, 0.5) is 4.39 Å². The van der Waals surface area contributed by atoms with Crippen LogP contribution < -0.4 is 5.32 Å². The van der Waals surface area contributed by atoms with E-state index < -0.39 is 0 Å². The van der Waals surface area contributed by atoms with Crippen molar-refractivity contribution in [2.45, 2.75) is 19.5 Å². The van der Waals surface area contributed by atoms with E-state index in [9.17, 15) is 4.39 Å². The minimum Gasteiger partial charge on any atom is -0.304 e. The van der Waals surface area contributed by atoms with Crippen molar-refractivity contribution in [1.29, 1.82) is 0 Å². The SMILES string of the molecule is CC(NCc1ccc(Cl)cc1F)c1nccs1. The number of thiazole rings is 1. The second kappa shape index (κ2) is 5.58. The van der Waals surface area contributed by atoms with Gasteiger partial charge in [0, 0.05) is 28.7 Å². The van der Waals surface area contributed by atoms with Crippen LogP contribution in [0.3, 0.4) is 0 Å². The van der Waals surface area contributed by atoms with Crippen LogP contribution in [0, 0.1) is 5.82 Å². The van der Waals surface area contributed by atoms with E-state index in [-0.39, 0.29) is 11.9 Å². The van der Waals surface area contributed by atoms with Crippen molar-refractivity contribution in [3.8, 4) is 0 Å². The van der Waals surface area contributed by atoms with Crippen LogP contribution in [0.5, 0.6) is 0 Å². The summed E-state index contributed by atoms with van der Waals surface area (Å²) in [5, 5.41) is 6.57. The molecule has 0 aliphatic carbocycles. The molecule has 1 heterocycles. The average Bonchev–Trinajstić information content (AvgIpc) is 2.81. The average molecular weight is 271 g/mol. The Hall–Kier alpha value is -0.970. The monoisotopic (exact) mass is 270 g/mol. The third-order valence-corrected chi connectivity index (χ3v) is 3.63. The number of nitrogens with zero attached hydrogens (tertiary/aromatic N) is 1. The van der Waals surface area contributed by atoms with Gasteiger partial charge in [0.25, 0.3) is 0 Å². The molecule has 0 saturated carbocycles. The number of hydrogen-bond donors (Lipinski definition) is 1. The van der Waals surface area contributed by atoms with Gasteiger partial charge in [0.2, 0.25) is 0 Å². The molecule has 2 rings (SSSR count). The van der Waals surface area contributed by atoms with Gasteiger partial charge in [0.1, 0.15) is 10.8 Å². The quantitative estimate of drug-likeness (QED) is 0.914. The highest BCUT2D eigenvalue weighted by molar-refractivity contribution is 7.09. The Balaban J connectivity index is 1.98. The van der Waals surface area contributed by atoms with E-state index in [1.54, 1.807) is 29.7 Å². The van der Waals surface area contributed by atoms with E-state index in [4.69, 9.17) is 11.6 Å². The van der Waals surface area contributed by atoms with Crippen molar-refractivity contribution in [3.05, 3.63) is 51.2 Å². The van der Waals surface area contributed by atoms with Gasteiger partial charge in [-0.25, -0.2) is 9.37 Å². The van der Waals surface area contributed by atoms with Crippen LogP contribution in [0.1, 0.15) is 23.5 Å². The van der Waals surface area contributed by atoms with Gasteiger partial charge < -0.3 is 5.32 Å². The molecule has 1 aromatic heterocycles. The summed E-state index contributed by atoms with van der Waals surface area (Å²) in [6.07, 6.45) is 1.76. The third kappa shape index (κ3) is 3.25. The lowest BCUT2D eigenvalue weighted by Gasteiger charge is -2.11. The van der Waals surface area contributed by atoms with Gasteiger partial charge in [-0.2, -0.15) is 0 Å². The molecule has 0 saturated heterocycles. The highest BCUT2D eigenvalue weighted by atomic mass is 35.5. The first kappa shape index (κ1) is 12.5. The first-order valence-electron chi connectivity index (χ1n) is 5.23. The van der Waals surface area contributed by atoms with Crippen LogP contribution in [-0.2, 0) is 6.54 Å². The van der Waals surface area contributed by atoms with Crippen LogP contribution in [0.15, 0.2) is 29.8 Å². The summed E-state index contributed by atoms with van der Waals surface area (Å²) in [4.78, 5) is 4.21. The molecule has 0 aliphatic rings. The van der Waals surface area contributed by atoms with Crippen molar-refractivity contribution in [1.82, 2.24) is 10.3 Å². The molecule has 0 bridgehead atoms. The lowest BCUT2D eigenvalue weighted by molar-refractivity contribution is 0.542. The first-order valence-corrected chi connectivity index (χ1v) is 6.49. The fraction of sp³-hybridized carbons (Fsp3) is 0.250. The Morgan fingerprint density at radius 3 is 3.00 bits per heavy atom. The zero-order chi connectivity index (χ0) is 12.3. The smallest absolute Gasteiger partial charge is 0.129 e. The Kier molecular flexibility index (Phi) is 4.10. The molecule has 0 spiro atoms. The molecule has 1 atom stereocenters. The summed E-state index contributed by atoms with van der Waals surface area (Å²) >= 11 is 7.28. The van der Waals surface area contributed by atoms with Crippen LogP contribution >= 0.6 is 22.9 Å². The highest BCUT2D eigenvalue weighted by Crippen LogP contribution is 2.18. The molecule has 0 aliphatic heterocycles. The topological polar surface area (TPSA) is 24.9 Å². The largest absolute Gasteiger partial charge is 0.304 e. The first-order chi connectivity index (χ1) is 8.16. The molecule has 2 aromatic rings. The molecule has 1 N–H and O–H groups in total. The Bertz CT molecular complexity index is 487. The highest BCUT2D eigenvalue weighted by Gasteiger charge is 2.09. The summed E-state index contributed by atoms with van der Waals surface area (Å²) in [6, 6.07) is 4.83. The zero-order valence-corrected chi connectivity index (χ0v) is 10.9. The van der Waals surface area contributed by atoms with Gasteiger partial charge in [0.05, 0.1) is 6.04 Å². The van der Waals surface area contributed by atoms with Crippen LogP contribution in [-0.4, -0.2) is 4.98 Å². The Labute approximate surface area is 108 Å². The summed E-state index contributed by atoms with van der Waals surface area (Å²) in [7, 11) is 0. The van der Waals surface area contributed by atoms with Gasteiger partial charge in [-0.05, 0) is 19.1 Å². The molecule has 5 heteroatoms. The predicted molar refractivity (Wildman–Crippen MR) is 68.8 cm³/mol. The normalized spacial score (nSPS) is 12.6. The third-order valence-electron chi connectivity index (χ3n) is 2.44. The summed E-state index contributed by atoms with van der Waals surface area (Å²) in [5.74, 6) is -0.281. The zero-order valence-electron chi connectivity index (χ0n) is 9.28. The Morgan fingerprint density at radius 1 is 1.53 bits per heavy atom. The second-order valence-electron chi connectivity index (χ2n) is 3.71. The number of nitrogens with one attached hydrogen (secondary N) is 1. The number of aromatic nitrogens is 1. The number of benzene rings is 1. The van der Waals surface area contributed by atoms with E-state index in [0.29, 0.717) is 17.1 Å². The van der Waals surface area contributed by atoms with Gasteiger partial charge in [-0.1, -0.05) is 17.7 Å². The molecule has 1 aromatic carbocycles. The molecule has 17 heavy (non-hydrogen) atoms. The molecule has 1 unspecified atom stereocenters. The summed E-state index contributed by atoms with van der Waals surface area (Å²) in [6.45, 7) is 2.47. The standard InChI is InChI=1S/C12H12ClFN2S/c1-8(12-15-4-5-17-12)16-7-9-2-3-10(13)6-11(9)14/h2-6,8,16H,7H2,1H3. The molecule has 2 nitrogen and oxygen atoms in total. The minimum atomic E-state index is -0.281. The van der Waals surface area contributed by atoms with Crippen molar-refractivity contribution in [3.63, 3.8) is 0 Å². The fourth-order valence-electron chi connectivity index (χ4n) is 1.46. The lowest BCUT2D eigenvalue weighted by Crippen LogP contribution is -2.18. The van der Waals surface area contributed by atoms with Gasteiger partial charge in [-0.3, -0.25) is 0 Å². The van der Waals surface area contributed by atoms with E-state index in [2.05, 4.69) is 10.3 Å². The van der Waals surface area contributed by atoms with Crippen LogP contribution in [0.2, 0.25) is 5.02 Å². The molecule has 90 valence electrons. The maximum Gasteiger partial charge on any atom is 0.129 e. The molecule has 0 fully saturated rings. The number of hydrogen-bond acceptors (Lipinski definition) is 3. The fourth-order valence-corrected chi connectivity index (χ4v) is 2.29. The summed E-state index contributed by atoms with van der Waals surface area (Å²) < 4.78 is 13.5. The van der Waals surface area contributed by atoms with Gasteiger partial charge >= 0.3 is 0 Å². The molecule has 0 radical (unpaired) electrons. The number of halogens is 2. The van der Waals surface area contributed by atoms with Gasteiger partial charge in [-0.15, -0.1) is 11.3 Å². The lowest BCUT2D eigenvalue weighted by atomic mass is 10.2. The maximum absolute atomic E-state index is 13.5. The van der Waals surface area contributed by atoms with Crippen molar-refractivity contribution >= 4 is 22.9 Å². The van der Waals surface area contributed by atoms with Crippen molar-refractivity contribution < 1.29 is 4.39 Å². The van der Waals surface area contributed by atoms with E-state index in [0.717, 1.165) is 5.01 Å². The van der Waals surface area contributed by atoms with E-state index >= 15 is 0 Å². The number of rotatable bonds is 4. The van der Waals surface area contributed by atoms with Gasteiger partial charge in [0.15, 0.2) is 0 Å². The predicted octanol–water partition coefficient (Wildman–Crippen LogP) is 3.79. The van der Waals surface area contributed by atoms with E-state index in [1.165, 1.54) is 6.07 Å².